The predicted octanol–water partition coefficient (Wildman–Crippen LogP) is 4.55. The van der Waals surface area contributed by atoms with Gasteiger partial charge in [0.1, 0.15) is 5.82 Å². The van der Waals surface area contributed by atoms with Crippen molar-refractivity contribution in [3.8, 4) is 0 Å². The maximum atomic E-state index is 13.0. The van der Waals surface area contributed by atoms with E-state index >= 15 is 0 Å². The van der Waals surface area contributed by atoms with Crippen LogP contribution in [0.15, 0.2) is 54.6 Å². The van der Waals surface area contributed by atoms with Crippen molar-refractivity contribution in [2.24, 2.45) is 0 Å². The minimum atomic E-state index is -0.265. The van der Waals surface area contributed by atoms with Crippen LogP contribution in [0.2, 0.25) is 0 Å². The lowest BCUT2D eigenvalue weighted by atomic mass is 9.81. The normalized spacial score (nSPS) is 20.6. The third-order valence-electron chi connectivity index (χ3n) is 5.18. The molecule has 1 fully saturated rings. The number of hydrogen-bond acceptors (Lipinski definition) is 1. The Kier molecular flexibility index (Phi) is 5.29. The third-order valence-corrected chi connectivity index (χ3v) is 5.18. The summed E-state index contributed by atoms with van der Waals surface area (Å²) >= 11 is 0. The second kappa shape index (κ2) is 7.61. The fourth-order valence-corrected chi connectivity index (χ4v) is 3.63. The van der Waals surface area contributed by atoms with E-state index in [4.69, 9.17) is 0 Å². The van der Waals surface area contributed by atoms with Crippen LogP contribution in [0.1, 0.15) is 42.7 Å². The Morgan fingerprint density at radius 3 is 2.25 bits per heavy atom. The van der Waals surface area contributed by atoms with E-state index in [0.29, 0.717) is 18.4 Å². The van der Waals surface area contributed by atoms with E-state index in [-0.39, 0.29) is 11.7 Å². The first kappa shape index (κ1) is 16.7. The van der Waals surface area contributed by atoms with Crippen LogP contribution in [-0.4, -0.2) is 23.9 Å². The Balaban J connectivity index is 1.53. The lowest BCUT2D eigenvalue weighted by Gasteiger charge is -2.35. The highest BCUT2D eigenvalue weighted by Gasteiger charge is 2.27. The van der Waals surface area contributed by atoms with Crippen LogP contribution < -0.4 is 0 Å². The highest BCUT2D eigenvalue weighted by atomic mass is 19.1. The van der Waals surface area contributed by atoms with Gasteiger partial charge in [-0.15, -0.1) is 0 Å². The molecule has 1 saturated carbocycles. The lowest BCUT2D eigenvalue weighted by molar-refractivity contribution is -0.131. The monoisotopic (exact) mass is 325 g/mol. The molecule has 2 aromatic carbocycles. The molecular weight excluding hydrogens is 301 g/mol. The van der Waals surface area contributed by atoms with Crippen molar-refractivity contribution < 1.29 is 9.18 Å². The van der Waals surface area contributed by atoms with Crippen molar-refractivity contribution in [3.63, 3.8) is 0 Å². The molecule has 3 rings (SSSR count). The average molecular weight is 325 g/mol. The number of halogens is 1. The summed E-state index contributed by atoms with van der Waals surface area (Å²) in [5, 5.41) is 0. The van der Waals surface area contributed by atoms with Crippen LogP contribution in [-0.2, 0) is 11.2 Å². The van der Waals surface area contributed by atoms with Crippen molar-refractivity contribution in [2.45, 2.75) is 44.1 Å². The topological polar surface area (TPSA) is 20.3 Å². The van der Waals surface area contributed by atoms with Crippen LogP contribution in [0, 0.1) is 5.82 Å². The molecule has 1 aliphatic carbocycles. The van der Waals surface area contributed by atoms with E-state index in [1.165, 1.54) is 17.7 Å². The van der Waals surface area contributed by atoms with Crippen molar-refractivity contribution in [1.29, 1.82) is 0 Å². The molecule has 0 bridgehead atoms. The van der Waals surface area contributed by atoms with Crippen molar-refractivity contribution >= 4 is 5.91 Å². The van der Waals surface area contributed by atoms with Gasteiger partial charge in [0.05, 0.1) is 6.42 Å². The fourth-order valence-electron chi connectivity index (χ4n) is 3.63. The molecule has 0 N–H and O–H groups in total. The van der Waals surface area contributed by atoms with Gasteiger partial charge in [-0.05, 0) is 54.9 Å². The van der Waals surface area contributed by atoms with Crippen LogP contribution in [0.4, 0.5) is 4.39 Å². The van der Waals surface area contributed by atoms with Crippen molar-refractivity contribution in [3.05, 3.63) is 71.5 Å². The zero-order valence-corrected chi connectivity index (χ0v) is 14.1. The number of nitrogens with zero attached hydrogens (tertiary/aromatic N) is 1. The van der Waals surface area contributed by atoms with E-state index in [0.717, 1.165) is 31.2 Å². The molecule has 1 aliphatic rings. The molecule has 0 unspecified atom stereocenters. The summed E-state index contributed by atoms with van der Waals surface area (Å²) in [6.07, 6.45) is 4.69. The number of likely N-dealkylation sites (N-methyl/N-ethyl adjacent to an activating group) is 1. The van der Waals surface area contributed by atoms with Gasteiger partial charge in [-0.3, -0.25) is 4.79 Å². The number of hydrogen-bond donors (Lipinski definition) is 0. The second-order valence-corrected chi connectivity index (χ2v) is 6.72. The molecule has 2 aromatic rings. The van der Waals surface area contributed by atoms with Gasteiger partial charge in [0.25, 0.3) is 0 Å². The van der Waals surface area contributed by atoms with Crippen LogP contribution in [0.5, 0.6) is 0 Å². The Labute approximate surface area is 143 Å². The first-order valence-electron chi connectivity index (χ1n) is 8.68. The van der Waals surface area contributed by atoms with Crippen LogP contribution >= 0.6 is 0 Å². The quantitative estimate of drug-likeness (QED) is 0.807. The van der Waals surface area contributed by atoms with Crippen molar-refractivity contribution in [2.75, 3.05) is 7.05 Å². The molecular formula is C21H24FNO. The maximum absolute atomic E-state index is 13.0. The second-order valence-electron chi connectivity index (χ2n) is 6.72. The largest absolute Gasteiger partial charge is 0.342 e. The molecule has 126 valence electrons. The molecule has 0 heterocycles. The number of benzene rings is 2. The summed E-state index contributed by atoms with van der Waals surface area (Å²) in [4.78, 5) is 14.4. The van der Waals surface area contributed by atoms with Gasteiger partial charge in [-0.25, -0.2) is 4.39 Å². The molecule has 0 radical (unpaired) electrons. The van der Waals surface area contributed by atoms with E-state index in [9.17, 15) is 9.18 Å². The van der Waals surface area contributed by atoms with E-state index in [1.807, 2.05) is 11.9 Å². The maximum Gasteiger partial charge on any atom is 0.226 e. The minimum absolute atomic E-state index is 0.116. The summed E-state index contributed by atoms with van der Waals surface area (Å²) < 4.78 is 13.0. The van der Waals surface area contributed by atoms with Gasteiger partial charge >= 0.3 is 0 Å². The first-order chi connectivity index (χ1) is 11.6. The smallest absolute Gasteiger partial charge is 0.226 e. The van der Waals surface area contributed by atoms with Crippen molar-refractivity contribution in [1.82, 2.24) is 4.90 Å². The van der Waals surface area contributed by atoms with E-state index in [1.54, 1.807) is 12.1 Å². The highest BCUT2D eigenvalue weighted by Crippen LogP contribution is 2.34. The lowest BCUT2D eigenvalue weighted by Crippen LogP contribution is -2.40. The zero-order valence-electron chi connectivity index (χ0n) is 14.1. The molecule has 2 nitrogen and oxygen atoms in total. The summed E-state index contributed by atoms with van der Waals surface area (Å²) in [5.41, 5.74) is 2.28. The number of rotatable bonds is 4. The molecule has 0 atom stereocenters. The standard InChI is InChI=1S/C21H24FNO/c1-23(21(24)15-16-7-11-19(22)12-8-16)20-13-9-18(10-14-20)17-5-3-2-4-6-17/h2-8,11-12,18,20H,9-10,13-15H2,1H3. The SMILES string of the molecule is CN(C(=O)Cc1ccc(F)cc1)C1CCC(c2ccccc2)CC1. The Morgan fingerprint density at radius 2 is 1.62 bits per heavy atom. The molecule has 3 heteroatoms. The molecule has 0 aliphatic heterocycles. The first-order valence-corrected chi connectivity index (χ1v) is 8.68. The average Bonchev–Trinajstić information content (AvgIpc) is 2.64. The van der Waals surface area contributed by atoms with Gasteiger partial charge in [-0.1, -0.05) is 42.5 Å². The summed E-state index contributed by atoms with van der Waals surface area (Å²) in [6, 6.07) is 17.2. The predicted molar refractivity (Wildman–Crippen MR) is 94.3 cm³/mol. The van der Waals surface area contributed by atoms with Gasteiger partial charge in [0.15, 0.2) is 0 Å². The van der Waals surface area contributed by atoms with Crippen LogP contribution in [0.3, 0.4) is 0 Å². The van der Waals surface area contributed by atoms with Gasteiger partial charge in [0.2, 0.25) is 5.91 Å². The molecule has 0 saturated heterocycles. The third kappa shape index (κ3) is 4.02. The molecule has 0 spiro atoms. The van der Waals surface area contributed by atoms with E-state index in [2.05, 4.69) is 30.3 Å². The molecule has 1 amide bonds. The number of amides is 1. The van der Waals surface area contributed by atoms with E-state index < -0.39 is 0 Å². The number of carbonyl (C=O) groups excluding carboxylic acids is 1. The molecule has 24 heavy (non-hydrogen) atoms. The Morgan fingerprint density at radius 1 is 1.00 bits per heavy atom. The zero-order chi connectivity index (χ0) is 16.9. The van der Waals surface area contributed by atoms with Crippen LogP contribution in [0.25, 0.3) is 0 Å². The summed E-state index contributed by atoms with van der Waals surface area (Å²) in [6.45, 7) is 0. The highest BCUT2D eigenvalue weighted by molar-refractivity contribution is 5.78. The van der Waals surface area contributed by atoms with Gasteiger partial charge in [-0.2, -0.15) is 0 Å². The molecule has 0 aromatic heterocycles. The summed E-state index contributed by atoms with van der Waals surface area (Å²) in [5.74, 6) is 0.464. The Bertz CT molecular complexity index is 660. The minimum Gasteiger partial charge on any atom is -0.342 e. The van der Waals surface area contributed by atoms with Gasteiger partial charge < -0.3 is 4.90 Å². The number of carbonyl (C=O) groups is 1. The summed E-state index contributed by atoms with van der Waals surface area (Å²) in [7, 11) is 1.90. The Hall–Kier alpha value is -2.16. The van der Waals surface area contributed by atoms with Gasteiger partial charge in [0, 0.05) is 13.1 Å². The fraction of sp³-hybridized carbons (Fsp3) is 0.381.